The van der Waals surface area contributed by atoms with E-state index >= 15 is 0 Å². The first-order valence-corrected chi connectivity index (χ1v) is 7.31. The second kappa shape index (κ2) is 5.11. The van der Waals surface area contributed by atoms with Gasteiger partial charge in [-0.05, 0) is 42.0 Å². The number of rotatable bonds is 2. The number of thiophene rings is 1. The first-order chi connectivity index (χ1) is 8.00. The molecule has 2 rings (SSSR count). The maximum atomic E-state index is 6.26. The molecule has 90 valence electrons. The number of halogens is 2. The van der Waals surface area contributed by atoms with Gasteiger partial charge in [-0.15, -0.1) is 11.3 Å². The van der Waals surface area contributed by atoms with Crippen molar-refractivity contribution in [2.24, 2.45) is 5.73 Å². The van der Waals surface area contributed by atoms with Crippen molar-refractivity contribution in [3.05, 3.63) is 54.6 Å². The summed E-state index contributed by atoms with van der Waals surface area (Å²) in [5, 5.41) is 2.72. The molecule has 2 aromatic rings. The fourth-order valence-electron chi connectivity index (χ4n) is 1.84. The maximum Gasteiger partial charge on any atom is 0.0661 e. The van der Waals surface area contributed by atoms with Gasteiger partial charge in [-0.1, -0.05) is 39.7 Å². The van der Waals surface area contributed by atoms with Crippen LogP contribution in [0.5, 0.6) is 0 Å². The Morgan fingerprint density at radius 1 is 1.29 bits per heavy atom. The molecule has 0 saturated carbocycles. The highest BCUT2D eigenvalue weighted by Crippen LogP contribution is 2.33. The zero-order valence-electron chi connectivity index (χ0n) is 9.63. The zero-order chi connectivity index (χ0) is 12.6. The van der Waals surface area contributed by atoms with Crippen LogP contribution < -0.4 is 5.73 Å². The fourth-order valence-corrected chi connectivity index (χ4v) is 3.27. The molecule has 1 unspecified atom stereocenters. The minimum atomic E-state index is -0.145. The summed E-state index contributed by atoms with van der Waals surface area (Å²) < 4.78 is 1.14. The van der Waals surface area contributed by atoms with Crippen molar-refractivity contribution in [3.63, 3.8) is 0 Å². The lowest BCUT2D eigenvalue weighted by molar-refractivity contribution is 0.888. The molecule has 0 aliphatic carbocycles. The summed E-state index contributed by atoms with van der Waals surface area (Å²) in [4.78, 5) is 1.02. The molecule has 1 atom stereocenters. The number of benzene rings is 1. The van der Waals surface area contributed by atoms with Crippen LogP contribution in [0, 0.1) is 13.8 Å². The van der Waals surface area contributed by atoms with Gasteiger partial charge in [0, 0.05) is 9.35 Å². The van der Waals surface area contributed by atoms with E-state index in [1.807, 2.05) is 11.4 Å². The molecule has 17 heavy (non-hydrogen) atoms. The maximum absolute atomic E-state index is 6.26. The standard InChI is InChI=1S/C13H13BrClNS/c1-7-5-9(6-8(2)11(7)14)12(16)13-10(15)3-4-17-13/h3-6,12H,16H2,1-2H3. The van der Waals surface area contributed by atoms with Crippen LogP contribution in [-0.2, 0) is 0 Å². The quantitative estimate of drug-likeness (QED) is 0.838. The topological polar surface area (TPSA) is 26.0 Å². The molecule has 1 aromatic heterocycles. The highest BCUT2D eigenvalue weighted by molar-refractivity contribution is 9.10. The van der Waals surface area contributed by atoms with E-state index in [0.29, 0.717) is 0 Å². The Labute approximate surface area is 119 Å². The Morgan fingerprint density at radius 3 is 2.35 bits per heavy atom. The molecule has 1 heterocycles. The summed E-state index contributed by atoms with van der Waals surface area (Å²) in [6.07, 6.45) is 0. The molecular weight excluding hydrogens is 318 g/mol. The highest BCUT2D eigenvalue weighted by atomic mass is 79.9. The summed E-state index contributed by atoms with van der Waals surface area (Å²) in [6.45, 7) is 4.15. The van der Waals surface area contributed by atoms with Crippen LogP contribution in [0.2, 0.25) is 5.02 Å². The molecule has 0 amide bonds. The molecule has 1 aromatic carbocycles. The minimum absolute atomic E-state index is 0.145. The Bertz CT molecular complexity index is 527. The Hall–Kier alpha value is -0.350. The van der Waals surface area contributed by atoms with E-state index in [1.165, 1.54) is 11.1 Å². The molecular formula is C13H13BrClNS. The van der Waals surface area contributed by atoms with Crippen molar-refractivity contribution < 1.29 is 0 Å². The van der Waals surface area contributed by atoms with Gasteiger partial charge in [0.15, 0.2) is 0 Å². The van der Waals surface area contributed by atoms with Crippen molar-refractivity contribution in [2.45, 2.75) is 19.9 Å². The first-order valence-electron chi connectivity index (χ1n) is 5.26. The first kappa shape index (κ1) is 13.1. The predicted molar refractivity (Wildman–Crippen MR) is 79.0 cm³/mol. The summed E-state index contributed by atoms with van der Waals surface area (Å²) in [5.41, 5.74) is 9.76. The number of nitrogens with two attached hydrogens (primary N) is 1. The summed E-state index contributed by atoms with van der Waals surface area (Å²) in [7, 11) is 0. The lowest BCUT2D eigenvalue weighted by Crippen LogP contribution is -2.11. The molecule has 0 bridgehead atoms. The van der Waals surface area contributed by atoms with Crippen LogP contribution in [0.15, 0.2) is 28.1 Å². The lowest BCUT2D eigenvalue weighted by Gasteiger charge is -2.14. The van der Waals surface area contributed by atoms with Crippen molar-refractivity contribution >= 4 is 38.9 Å². The van der Waals surface area contributed by atoms with Gasteiger partial charge in [-0.25, -0.2) is 0 Å². The van der Waals surface area contributed by atoms with Crippen molar-refractivity contribution in [1.82, 2.24) is 0 Å². The molecule has 0 fully saturated rings. The second-order valence-corrected chi connectivity index (χ2v) is 6.23. The largest absolute Gasteiger partial charge is 0.320 e. The van der Waals surface area contributed by atoms with Crippen LogP contribution >= 0.6 is 38.9 Å². The zero-order valence-corrected chi connectivity index (χ0v) is 12.8. The van der Waals surface area contributed by atoms with E-state index in [1.54, 1.807) is 11.3 Å². The van der Waals surface area contributed by atoms with Crippen LogP contribution in [0.25, 0.3) is 0 Å². The fraction of sp³-hybridized carbons (Fsp3) is 0.231. The summed E-state index contributed by atoms with van der Waals surface area (Å²) in [6, 6.07) is 5.96. The van der Waals surface area contributed by atoms with E-state index in [0.717, 1.165) is 19.9 Å². The third kappa shape index (κ3) is 2.58. The number of hydrogen-bond donors (Lipinski definition) is 1. The highest BCUT2D eigenvalue weighted by Gasteiger charge is 2.15. The van der Waals surface area contributed by atoms with E-state index in [9.17, 15) is 0 Å². The molecule has 0 aliphatic heterocycles. The average Bonchev–Trinajstić information content (AvgIpc) is 2.70. The van der Waals surface area contributed by atoms with Gasteiger partial charge in [-0.3, -0.25) is 0 Å². The Kier molecular flexibility index (Phi) is 3.93. The van der Waals surface area contributed by atoms with Gasteiger partial charge in [0.25, 0.3) is 0 Å². The molecule has 0 radical (unpaired) electrons. The molecule has 0 saturated heterocycles. The van der Waals surface area contributed by atoms with Gasteiger partial charge in [-0.2, -0.15) is 0 Å². The lowest BCUT2D eigenvalue weighted by atomic mass is 10.0. The average molecular weight is 331 g/mol. The SMILES string of the molecule is Cc1cc(C(N)c2sccc2Cl)cc(C)c1Br. The Balaban J connectivity index is 2.45. The number of aryl methyl sites for hydroxylation is 2. The van der Waals surface area contributed by atoms with Gasteiger partial charge < -0.3 is 5.73 Å². The van der Waals surface area contributed by atoms with Gasteiger partial charge in [0.2, 0.25) is 0 Å². The van der Waals surface area contributed by atoms with Gasteiger partial charge >= 0.3 is 0 Å². The van der Waals surface area contributed by atoms with Crippen LogP contribution in [0.1, 0.15) is 27.6 Å². The van der Waals surface area contributed by atoms with E-state index in [-0.39, 0.29) is 6.04 Å². The third-order valence-corrected chi connectivity index (χ3v) is 5.44. The van der Waals surface area contributed by atoms with Crippen molar-refractivity contribution in [2.75, 3.05) is 0 Å². The van der Waals surface area contributed by atoms with Crippen molar-refractivity contribution in [3.8, 4) is 0 Å². The predicted octanol–water partition coefficient (Wildman–Crippen LogP) is 4.83. The van der Waals surface area contributed by atoms with Crippen LogP contribution in [-0.4, -0.2) is 0 Å². The molecule has 4 heteroatoms. The van der Waals surface area contributed by atoms with E-state index < -0.39 is 0 Å². The minimum Gasteiger partial charge on any atom is -0.320 e. The van der Waals surface area contributed by atoms with E-state index in [4.69, 9.17) is 17.3 Å². The second-order valence-electron chi connectivity index (χ2n) is 4.08. The van der Waals surface area contributed by atoms with E-state index in [2.05, 4.69) is 41.9 Å². The summed E-state index contributed by atoms with van der Waals surface area (Å²) >= 11 is 11.3. The smallest absolute Gasteiger partial charge is 0.0661 e. The van der Waals surface area contributed by atoms with Crippen LogP contribution in [0.4, 0.5) is 0 Å². The molecule has 0 spiro atoms. The van der Waals surface area contributed by atoms with Crippen LogP contribution in [0.3, 0.4) is 0 Å². The van der Waals surface area contributed by atoms with Gasteiger partial charge in [0.1, 0.15) is 0 Å². The Morgan fingerprint density at radius 2 is 1.88 bits per heavy atom. The molecule has 0 aliphatic rings. The molecule has 1 nitrogen and oxygen atoms in total. The molecule has 2 N–H and O–H groups in total. The number of hydrogen-bond acceptors (Lipinski definition) is 2. The normalized spacial score (nSPS) is 12.8. The van der Waals surface area contributed by atoms with Gasteiger partial charge in [0.05, 0.1) is 11.1 Å². The van der Waals surface area contributed by atoms with Crippen molar-refractivity contribution in [1.29, 1.82) is 0 Å². The monoisotopic (exact) mass is 329 g/mol. The summed E-state index contributed by atoms with van der Waals surface area (Å²) in [5.74, 6) is 0. The third-order valence-electron chi connectivity index (χ3n) is 2.75.